The molecule has 49 heavy (non-hydrogen) atoms. The van der Waals surface area contributed by atoms with Crippen LogP contribution in [0.3, 0.4) is 0 Å². The van der Waals surface area contributed by atoms with E-state index in [1.807, 2.05) is 20.8 Å². The van der Waals surface area contributed by atoms with Crippen LogP contribution in [0.2, 0.25) is 5.02 Å². The van der Waals surface area contributed by atoms with Crippen molar-refractivity contribution >= 4 is 34.7 Å². The Labute approximate surface area is 300 Å². The first kappa shape index (κ1) is 39.0. The standard InChI is InChI=1S/C41H58ClO6P/c1-18-46-30-23-31(32(42)36-35(30)47-41(14,15)48-36)49(43,24-19-26(37(2,3)4)33(44-16)27(20-24)38(5,6)7)25-21-28(39(8,9)10)34(45-17)29(22-25)40(11,12)13/h19-23H,18H2,1-17H3. The molecule has 3 aromatic carbocycles. The van der Waals surface area contributed by atoms with Crippen LogP contribution in [0.4, 0.5) is 0 Å². The molecule has 0 aliphatic carbocycles. The van der Waals surface area contributed by atoms with Gasteiger partial charge in [-0.05, 0) is 58.9 Å². The highest BCUT2D eigenvalue weighted by Crippen LogP contribution is 2.57. The van der Waals surface area contributed by atoms with Crippen molar-refractivity contribution in [1.29, 1.82) is 0 Å². The molecule has 1 aliphatic heterocycles. The molecule has 1 aliphatic rings. The Kier molecular flexibility index (Phi) is 10.1. The van der Waals surface area contributed by atoms with Crippen LogP contribution in [0.1, 0.15) is 126 Å². The number of halogens is 1. The number of benzene rings is 3. The lowest BCUT2D eigenvalue weighted by Gasteiger charge is -2.34. The third-order valence-corrected chi connectivity index (χ3v) is 12.5. The minimum Gasteiger partial charge on any atom is -0.496 e. The first-order valence-electron chi connectivity index (χ1n) is 17.2. The molecule has 0 amide bonds. The molecule has 0 saturated carbocycles. The second kappa shape index (κ2) is 12.7. The molecule has 0 spiro atoms. The van der Waals surface area contributed by atoms with Crippen LogP contribution in [0.25, 0.3) is 0 Å². The highest BCUT2D eigenvalue weighted by Gasteiger charge is 2.44. The van der Waals surface area contributed by atoms with Crippen molar-refractivity contribution in [1.82, 2.24) is 0 Å². The van der Waals surface area contributed by atoms with E-state index in [1.165, 1.54) is 0 Å². The Hall–Kier alpha value is -2.82. The van der Waals surface area contributed by atoms with Crippen molar-refractivity contribution in [2.75, 3.05) is 20.8 Å². The molecule has 0 radical (unpaired) electrons. The molecule has 0 bridgehead atoms. The summed E-state index contributed by atoms with van der Waals surface area (Å²) in [5.74, 6) is 1.78. The maximum absolute atomic E-state index is 17.0. The zero-order valence-electron chi connectivity index (χ0n) is 32.9. The molecule has 0 N–H and O–H groups in total. The molecule has 1 heterocycles. The number of fused-ring (bicyclic) bond motifs is 1. The van der Waals surface area contributed by atoms with Crippen molar-refractivity contribution in [2.45, 2.75) is 131 Å². The zero-order chi connectivity index (χ0) is 37.3. The summed E-state index contributed by atoms with van der Waals surface area (Å²) in [6.07, 6.45) is 0. The first-order valence-corrected chi connectivity index (χ1v) is 19.3. The van der Waals surface area contributed by atoms with Crippen molar-refractivity contribution < 1.29 is 28.2 Å². The van der Waals surface area contributed by atoms with Crippen LogP contribution in [-0.4, -0.2) is 26.6 Å². The van der Waals surface area contributed by atoms with Crippen molar-refractivity contribution in [3.8, 4) is 28.7 Å². The number of ether oxygens (including phenoxy) is 5. The van der Waals surface area contributed by atoms with Crippen LogP contribution < -0.4 is 39.6 Å². The number of methoxy groups -OCH3 is 2. The zero-order valence-corrected chi connectivity index (χ0v) is 34.5. The first-order chi connectivity index (χ1) is 22.2. The quantitative estimate of drug-likeness (QED) is 0.227. The number of rotatable bonds is 7. The van der Waals surface area contributed by atoms with Gasteiger partial charge < -0.3 is 28.2 Å². The fourth-order valence-electron chi connectivity index (χ4n) is 6.46. The summed E-state index contributed by atoms with van der Waals surface area (Å²) in [5.41, 5.74) is 2.50. The summed E-state index contributed by atoms with van der Waals surface area (Å²) in [7, 11) is -0.430. The molecule has 270 valence electrons. The van der Waals surface area contributed by atoms with Crippen LogP contribution >= 0.6 is 18.7 Å². The van der Waals surface area contributed by atoms with Gasteiger partial charge in [-0.1, -0.05) is 94.7 Å². The minimum atomic E-state index is -3.84. The highest BCUT2D eigenvalue weighted by atomic mass is 35.5. The van der Waals surface area contributed by atoms with Gasteiger partial charge in [-0.25, -0.2) is 0 Å². The van der Waals surface area contributed by atoms with E-state index in [2.05, 4.69) is 107 Å². The third kappa shape index (κ3) is 7.20. The van der Waals surface area contributed by atoms with Gasteiger partial charge in [0.25, 0.3) is 0 Å². The predicted molar refractivity (Wildman–Crippen MR) is 205 cm³/mol. The van der Waals surface area contributed by atoms with Crippen molar-refractivity contribution in [3.63, 3.8) is 0 Å². The van der Waals surface area contributed by atoms with Gasteiger partial charge in [-0.15, -0.1) is 0 Å². The lowest BCUT2D eigenvalue weighted by Crippen LogP contribution is -2.32. The minimum absolute atomic E-state index is 0.239. The summed E-state index contributed by atoms with van der Waals surface area (Å²) in [5, 5.41) is 1.96. The molecular formula is C41H58ClO6P. The molecule has 0 fully saturated rings. The molecule has 4 rings (SSSR count). The van der Waals surface area contributed by atoms with Gasteiger partial charge in [-0.3, -0.25) is 0 Å². The average molecular weight is 713 g/mol. The van der Waals surface area contributed by atoms with Crippen LogP contribution in [-0.2, 0) is 26.2 Å². The Morgan fingerprint density at radius 2 is 1.00 bits per heavy atom. The maximum Gasteiger partial charge on any atom is 0.246 e. The Morgan fingerprint density at radius 1 is 0.653 bits per heavy atom. The summed E-state index contributed by atoms with van der Waals surface area (Å²) < 4.78 is 47.9. The van der Waals surface area contributed by atoms with Crippen LogP contribution in [0.5, 0.6) is 28.7 Å². The summed E-state index contributed by atoms with van der Waals surface area (Å²) >= 11 is 7.39. The number of hydrogen-bond acceptors (Lipinski definition) is 6. The van der Waals surface area contributed by atoms with E-state index >= 15 is 4.57 Å². The van der Waals surface area contributed by atoms with E-state index < -0.39 is 12.9 Å². The largest absolute Gasteiger partial charge is 0.496 e. The van der Waals surface area contributed by atoms with Gasteiger partial charge in [0.15, 0.2) is 18.6 Å². The molecule has 0 atom stereocenters. The third-order valence-electron chi connectivity index (χ3n) is 8.97. The Morgan fingerprint density at radius 3 is 1.31 bits per heavy atom. The Bertz CT molecular complexity index is 1640. The lowest BCUT2D eigenvalue weighted by molar-refractivity contribution is -0.0440. The van der Waals surface area contributed by atoms with Gasteiger partial charge in [0, 0.05) is 52.0 Å². The van der Waals surface area contributed by atoms with E-state index in [9.17, 15) is 0 Å². The van der Waals surface area contributed by atoms with Crippen molar-refractivity contribution in [3.05, 3.63) is 57.6 Å². The van der Waals surface area contributed by atoms with Crippen LogP contribution in [0, 0.1) is 0 Å². The van der Waals surface area contributed by atoms with Gasteiger partial charge in [0.1, 0.15) is 11.5 Å². The monoisotopic (exact) mass is 712 g/mol. The molecule has 0 saturated heterocycles. The summed E-state index contributed by atoms with van der Waals surface area (Å²) in [6, 6.07) is 10.0. The average Bonchev–Trinajstić information content (AvgIpc) is 3.30. The van der Waals surface area contributed by atoms with E-state index in [0.717, 1.165) is 33.8 Å². The van der Waals surface area contributed by atoms with Gasteiger partial charge in [0.2, 0.25) is 11.5 Å². The maximum atomic E-state index is 17.0. The molecule has 3 aromatic rings. The number of hydrogen-bond donors (Lipinski definition) is 0. The summed E-state index contributed by atoms with van der Waals surface area (Å²) in [6.45, 7) is 31.7. The summed E-state index contributed by atoms with van der Waals surface area (Å²) in [4.78, 5) is 0. The van der Waals surface area contributed by atoms with Gasteiger partial charge in [-0.2, -0.15) is 0 Å². The van der Waals surface area contributed by atoms with E-state index in [4.69, 9.17) is 35.3 Å². The van der Waals surface area contributed by atoms with E-state index in [-0.39, 0.29) is 26.7 Å². The topological polar surface area (TPSA) is 63.2 Å². The highest BCUT2D eigenvalue weighted by molar-refractivity contribution is 7.85. The fraction of sp³-hybridized carbons (Fsp3) is 0.561. The van der Waals surface area contributed by atoms with Gasteiger partial charge in [0.05, 0.1) is 25.8 Å². The second-order valence-corrected chi connectivity index (χ2v) is 20.8. The molecule has 0 aromatic heterocycles. The van der Waals surface area contributed by atoms with Gasteiger partial charge >= 0.3 is 0 Å². The molecular weight excluding hydrogens is 655 g/mol. The molecule has 8 heteroatoms. The smallest absolute Gasteiger partial charge is 0.246 e. The normalized spacial score (nSPS) is 15.0. The molecule has 0 unspecified atom stereocenters. The van der Waals surface area contributed by atoms with Crippen LogP contribution in [0.15, 0.2) is 30.3 Å². The fourth-order valence-corrected chi connectivity index (χ4v) is 9.77. The lowest BCUT2D eigenvalue weighted by atomic mass is 9.79. The van der Waals surface area contributed by atoms with E-state index in [0.29, 0.717) is 39.8 Å². The van der Waals surface area contributed by atoms with E-state index in [1.54, 1.807) is 20.3 Å². The predicted octanol–water partition coefficient (Wildman–Crippen LogP) is 10.1. The second-order valence-electron chi connectivity index (χ2n) is 17.7. The Balaban J connectivity index is 2.34. The SMILES string of the molecule is CCOc1cc(P(=O)(c2cc(C(C)(C)C)c(OC)c(C(C)(C)C)c2)c2cc(C(C)(C)C)c(OC)c(C(C)(C)C)c2)c(Cl)c2c1OC(C)(C)O2. The molecule has 6 nitrogen and oxygen atoms in total. The van der Waals surface area contributed by atoms with Crippen molar-refractivity contribution in [2.24, 2.45) is 0 Å².